The zero-order chi connectivity index (χ0) is 19.4. The molecule has 2 unspecified atom stereocenters. The predicted molar refractivity (Wildman–Crippen MR) is 102 cm³/mol. The van der Waals surface area contributed by atoms with Crippen molar-refractivity contribution in [1.29, 1.82) is 0 Å². The average molecular weight is 373 g/mol. The lowest BCUT2D eigenvalue weighted by molar-refractivity contribution is -0.125. The number of fused-ring (bicyclic) bond motifs is 1. The van der Waals surface area contributed by atoms with Gasteiger partial charge in [-0.25, -0.2) is 4.79 Å². The first-order valence-electron chi connectivity index (χ1n) is 9.62. The summed E-state index contributed by atoms with van der Waals surface area (Å²) in [5, 5.41) is 3.77. The van der Waals surface area contributed by atoms with Gasteiger partial charge in [-0.2, -0.15) is 0 Å². The molecule has 1 aliphatic rings. The minimum atomic E-state index is -0.631. The monoisotopic (exact) mass is 373 g/mol. The van der Waals surface area contributed by atoms with Crippen LogP contribution in [-0.2, 0) is 9.53 Å². The van der Waals surface area contributed by atoms with E-state index >= 15 is 0 Å². The number of aryl methyl sites for hydroxylation is 1. The van der Waals surface area contributed by atoms with Crippen LogP contribution in [-0.4, -0.2) is 31.1 Å². The van der Waals surface area contributed by atoms with Gasteiger partial charge >= 0.3 is 5.97 Å². The molecule has 0 aliphatic heterocycles. The summed E-state index contributed by atoms with van der Waals surface area (Å²) in [5.74, 6) is 0.394. The van der Waals surface area contributed by atoms with Crippen LogP contribution in [0.2, 0.25) is 0 Å². The Morgan fingerprint density at radius 1 is 1.26 bits per heavy atom. The van der Waals surface area contributed by atoms with Gasteiger partial charge in [0, 0.05) is 17.0 Å². The Bertz CT molecular complexity index is 825. The maximum atomic E-state index is 12.4. The number of carbonyl (C=O) groups is 2. The molecule has 2 aromatic rings. The lowest BCUT2D eigenvalue weighted by Crippen LogP contribution is -2.42. The van der Waals surface area contributed by atoms with Gasteiger partial charge in [0.2, 0.25) is 5.76 Å². The van der Waals surface area contributed by atoms with E-state index in [0.29, 0.717) is 23.7 Å². The molecule has 0 radical (unpaired) electrons. The number of rotatable bonds is 6. The van der Waals surface area contributed by atoms with Crippen molar-refractivity contribution < 1.29 is 23.5 Å². The molecule has 6 nitrogen and oxygen atoms in total. The van der Waals surface area contributed by atoms with E-state index in [1.54, 1.807) is 19.1 Å². The summed E-state index contributed by atoms with van der Waals surface area (Å²) in [5.41, 5.74) is 1.27. The van der Waals surface area contributed by atoms with Crippen LogP contribution >= 0.6 is 0 Å². The highest BCUT2D eigenvalue weighted by atomic mass is 16.5. The minimum Gasteiger partial charge on any atom is -0.494 e. The normalized spacial score (nSPS) is 19.7. The van der Waals surface area contributed by atoms with Crippen LogP contribution in [0.25, 0.3) is 11.0 Å². The van der Waals surface area contributed by atoms with E-state index in [9.17, 15) is 9.59 Å². The molecular formula is C21H27NO5. The molecular weight excluding hydrogens is 346 g/mol. The minimum absolute atomic E-state index is 0.123. The summed E-state index contributed by atoms with van der Waals surface area (Å²) in [7, 11) is 0. The molecule has 1 heterocycles. The molecule has 146 valence electrons. The number of nitrogens with one attached hydrogen (secondary N) is 1. The molecule has 0 saturated heterocycles. The highest BCUT2D eigenvalue weighted by Crippen LogP contribution is 2.29. The van der Waals surface area contributed by atoms with E-state index in [0.717, 1.165) is 30.4 Å². The molecule has 1 aliphatic carbocycles. The number of amides is 1. The van der Waals surface area contributed by atoms with Gasteiger partial charge in [-0.05, 0) is 50.8 Å². The van der Waals surface area contributed by atoms with Crippen molar-refractivity contribution in [2.24, 2.45) is 5.92 Å². The van der Waals surface area contributed by atoms with Crippen molar-refractivity contribution in [3.05, 3.63) is 29.5 Å². The van der Waals surface area contributed by atoms with Gasteiger partial charge in [-0.15, -0.1) is 0 Å². The molecule has 1 saturated carbocycles. The quantitative estimate of drug-likeness (QED) is 0.775. The maximum Gasteiger partial charge on any atom is 0.375 e. The van der Waals surface area contributed by atoms with Crippen molar-refractivity contribution in [2.75, 3.05) is 13.2 Å². The zero-order valence-corrected chi connectivity index (χ0v) is 16.2. The average Bonchev–Trinajstić information content (AvgIpc) is 2.98. The molecule has 27 heavy (non-hydrogen) atoms. The zero-order valence-electron chi connectivity index (χ0n) is 16.2. The summed E-state index contributed by atoms with van der Waals surface area (Å²) in [6.45, 7) is 6.11. The van der Waals surface area contributed by atoms with Crippen molar-refractivity contribution in [2.45, 2.75) is 52.5 Å². The van der Waals surface area contributed by atoms with Gasteiger partial charge in [0.25, 0.3) is 5.91 Å². The van der Waals surface area contributed by atoms with Crippen LogP contribution in [0.5, 0.6) is 5.75 Å². The number of hydrogen-bond donors (Lipinski definition) is 1. The number of benzene rings is 1. The third-order valence-electron chi connectivity index (χ3n) is 5.20. The smallest absolute Gasteiger partial charge is 0.375 e. The Balaban J connectivity index is 1.62. The van der Waals surface area contributed by atoms with E-state index in [4.69, 9.17) is 13.9 Å². The Labute approximate surface area is 159 Å². The lowest BCUT2D eigenvalue weighted by atomic mass is 9.86. The van der Waals surface area contributed by atoms with Crippen molar-refractivity contribution in [3.8, 4) is 5.75 Å². The Hall–Kier alpha value is -2.50. The largest absolute Gasteiger partial charge is 0.494 e. The number of hydrogen-bond acceptors (Lipinski definition) is 5. The van der Waals surface area contributed by atoms with Gasteiger partial charge in [0.1, 0.15) is 11.3 Å². The highest BCUT2D eigenvalue weighted by Gasteiger charge is 2.24. The van der Waals surface area contributed by atoms with E-state index in [1.807, 2.05) is 13.0 Å². The predicted octanol–water partition coefficient (Wildman–Crippen LogP) is 3.99. The second-order valence-electron chi connectivity index (χ2n) is 7.16. The number of furan rings is 1. The van der Waals surface area contributed by atoms with Gasteiger partial charge in [-0.3, -0.25) is 4.79 Å². The topological polar surface area (TPSA) is 77.8 Å². The van der Waals surface area contributed by atoms with E-state index < -0.39 is 5.97 Å². The molecule has 1 aromatic heterocycles. The summed E-state index contributed by atoms with van der Waals surface area (Å²) in [4.78, 5) is 24.5. The summed E-state index contributed by atoms with van der Waals surface area (Å²) in [6, 6.07) is 5.56. The van der Waals surface area contributed by atoms with Crippen LogP contribution < -0.4 is 10.1 Å². The van der Waals surface area contributed by atoms with Crippen molar-refractivity contribution >= 4 is 22.8 Å². The second-order valence-corrected chi connectivity index (χ2v) is 7.16. The molecule has 1 N–H and O–H groups in total. The number of esters is 1. The first kappa shape index (κ1) is 19.3. The Morgan fingerprint density at radius 2 is 2.04 bits per heavy atom. The summed E-state index contributed by atoms with van der Waals surface area (Å²) in [6.07, 6.45) is 4.42. The van der Waals surface area contributed by atoms with Gasteiger partial charge in [-0.1, -0.05) is 19.8 Å². The number of carbonyl (C=O) groups excluding carboxylic acids is 2. The van der Waals surface area contributed by atoms with Crippen LogP contribution in [0.3, 0.4) is 0 Å². The van der Waals surface area contributed by atoms with E-state index in [1.165, 1.54) is 6.42 Å². The first-order chi connectivity index (χ1) is 13.0. The molecule has 1 fully saturated rings. The van der Waals surface area contributed by atoms with Crippen LogP contribution in [0.1, 0.15) is 55.6 Å². The first-order valence-corrected chi connectivity index (χ1v) is 9.62. The fourth-order valence-corrected chi connectivity index (χ4v) is 3.63. The summed E-state index contributed by atoms with van der Waals surface area (Å²) < 4.78 is 16.3. The fraction of sp³-hybridized carbons (Fsp3) is 0.524. The van der Waals surface area contributed by atoms with Crippen molar-refractivity contribution in [1.82, 2.24) is 5.32 Å². The Kier molecular flexibility index (Phi) is 6.04. The third-order valence-corrected chi connectivity index (χ3v) is 5.20. The molecule has 0 bridgehead atoms. The molecule has 6 heteroatoms. The van der Waals surface area contributed by atoms with Gasteiger partial charge in [0.05, 0.1) is 6.61 Å². The maximum absolute atomic E-state index is 12.4. The number of ether oxygens (including phenoxy) is 2. The van der Waals surface area contributed by atoms with Gasteiger partial charge < -0.3 is 19.2 Å². The third kappa shape index (κ3) is 4.43. The van der Waals surface area contributed by atoms with Gasteiger partial charge in [0.15, 0.2) is 6.61 Å². The highest BCUT2D eigenvalue weighted by molar-refractivity contribution is 5.97. The second kappa shape index (κ2) is 8.46. The van der Waals surface area contributed by atoms with E-state index in [-0.39, 0.29) is 24.3 Å². The van der Waals surface area contributed by atoms with Crippen LogP contribution in [0.4, 0.5) is 0 Å². The molecule has 1 amide bonds. The van der Waals surface area contributed by atoms with E-state index in [2.05, 4.69) is 12.2 Å². The molecule has 3 rings (SSSR count). The SMILES string of the molecule is CCOc1ccc2oc(C(=O)OCC(=O)NC3CCCCC3C)c(C)c2c1. The van der Waals surface area contributed by atoms with Crippen LogP contribution in [0.15, 0.2) is 22.6 Å². The summed E-state index contributed by atoms with van der Waals surface area (Å²) >= 11 is 0. The fourth-order valence-electron chi connectivity index (χ4n) is 3.63. The molecule has 0 spiro atoms. The van der Waals surface area contributed by atoms with Crippen molar-refractivity contribution in [3.63, 3.8) is 0 Å². The molecule has 1 aromatic carbocycles. The van der Waals surface area contributed by atoms with Crippen LogP contribution in [0, 0.1) is 12.8 Å². The lowest BCUT2D eigenvalue weighted by Gasteiger charge is -2.29. The standard InChI is InChI=1S/C21H27NO5/c1-4-25-15-9-10-18-16(11-15)14(3)20(27-18)21(24)26-12-19(23)22-17-8-6-5-7-13(17)2/h9-11,13,17H,4-8,12H2,1-3H3,(H,22,23). The molecule has 2 atom stereocenters. The Morgan fingerprint density at radius 3 is 2.78 bits per heavy atom.